The summed E-state index contributed by atoms with van der Waals surface area (Å²) in [6.45, 7) is 3.78. The third-order valence-corrected chi connectivity index (χ3v) is 6.08. The fraction of sp³-hybridized carbons (Fsp3) is 0.281. The molecular weight excluding hydrogens is 526 g/mol. The molecule has 0 aliphatic carbocycles. The van der Waals surface area contributed by atoms with Crippen LogP contribution < -0.4 is 4.74 Å². The number of aliphatic hydroxyl groups is 1. The number of aliphatic carboxylic acids is 3. The number of para-hydroxylation sites is 1. The van der Waals surface area contributed by atoms with Gasteiger partial charge in [0.05, 0.1) is 12.8 Å². The number of carboxylic acids is 3. The average Bonchev–Trinajstić information content (AvgIpc) is 2.92. The van der Waals surface area contributed by atoms with Crippen LogP contribution in [0.3, 0.4) is 0 Å². The zero-order valence-corrected chi connectivity index (χ0v) is 23.5. The van der Waals surface area contributed by atoms with E-state index in [1.807, 2.05) is 6.07 Å². The van der Waals surface area contributed by atoms with Gasteiger partial charge in [-0.1, -0.05) is 85.8 Å². The molecule has 218 valence electrons. The molecule has 0 aliphatic heterocycles. The van der Waals surface area contributed by atoms with Gasteiger partial charge in [0, 0.05) is 12.1 Å². The molecule has 3 aromatic rings. The molecule has 3 rings (SSSR count). The third kappa shape index (κ3) is 10.2. The van der Waals surface area contributed by atoms with E-state index in [1.165, 1.54) is 22.3 Å². The summed E-state index contributed by atoms with van der Waals surface area (Å²) in [6.07, 6.45) is -1.34. The van der Waals surface area contributed by atoms with Gasteiger partial charge >= 0.3 is 17.9 Å². The molecule has 0 fully saturated rings. The summed E-state index contributed by atoms with van der Waals surface area (Å²) in [6, 6.07) is 29.7. The number of carbonyl (C=O) groups is 3. The van der Waals surface area contributed by atoms with Gasteiger partial charge in [-0.3, -0.25) is 9.59 Å². The zero-order valence-electron chi connectivity index (χ0n) is 23.5. The third-order valence-electron chi connectivity index (χ3n) is 6.08. The molecule has 0 unspecified atom stereocenters. The molecule has 0 saturated heterocycles. The van der Waals surface area contributed by atoms with Gasteiger partial charge in [0.2, 0.25) is 0 Å². The van der Waals surface area contributed by atoms with Crippen LogP contribution in [0.15, 0.2) is 84.9 Å². The SMILES string of the molecule is CC/C(=C(/c1ccccc1)c1ccccc1OCCN(C)C)c1ccccc1.O=C(O)CC(O)(CC(=O)O)C(=O)O. The lowest BCUT2D eigenvalue weighted by Gasteiger charge is -2.20. The minimum absolute atomic E-state index is 0.666. The highest BCUT2D eigenvalue weighted by molar-refractivity contribution is 6.00. The van der Waals surface area contributed by atoms with Crippen molar-refractivity contribution in [2.24, 2.45) is 0 Å². The van der Waals surface area contributed by atoms with Gasteiger partial charge in [-0.05, 0) is 48.9 Å². The van der Waals surface area contributed by atoms with E-state index >= 15 is 0 Å². The Balaban J connectivity index is 0.000000383. The number of likely N-dealkylation sites (N-methyl/N-ethyl adjacent to an activating group) is 1. The first-order valence-corrected chi connectivity index (χ1v) is 13.1. The molecule has 0 radical (unpaired) electrons. The van der Waals surface area contributed by atoms with Crippen LogP contribution in [0.5, 0.6) is 5.75 Å². The van der Waals surface area contributed by atoms with Crippen LogP contribution in [-0.4, -0.2) is 76.1 Å². The Morgan fingerprint density at radius 1 is 0.756 bits per heavy atom. The number of rotatable bonds is 13. The molecule has 0 aliphatic rings. The van der Waals surface area contributed by atoms with Crippen molar-refractivity contribution < 1.29 is 39.5 Å². The molecule has 9 heteroatoms. The molecule has 3 aromatic carbocycles. The zero-order chi connectivity index (χ0) is 30.4. The molecule has 9 nitrogen and oxygen atoms in total. The maximum Gasteiger partial charge on any atom is 0.336 e. The van der Waals surface area contributed by atoms with Gasteiger partial charge in [0.1, 0.15) is 12.4 Å². The lowest BCUT2D eigenvalue weighted by molar-refractivity contribution is -0.170. The molecule has 0 bridgehead atoms. The number of hydrogen-bond acceptors (Lipinski definition) is 6. The van der Waals surface area contributed by atoms with Crippen molar-refractivity contribution in [1.82, 2.24) is 4.90 Å². The van der Waals surface area contributed by atoms with E-state index in [0.717, 1.165) is 24.3 Å². The second-order valence-electron chi connectivity index (χ2n) is 9.56. The smallest absolute Gasteiger partial charge is 0.336 e. The van der Waals surface area contributed by atoms with E-state index in [1.54, 1.807) is 0 Å². The Labute approximate surface area is 240 Å². The maximum atomic E-state index is 10.3. The van der Waals surface area contributed by atoms with Crippen molar-refractivity contribution in [2.45, 2.75) is 31.8 Å². The van der Waals surface area contributed by atoms with Crippen LogP contribution in [0.2, 0.25) is 0 Å². The summed E-state index contributed by atoms with van der Waals surface area (Å²) in [7, 11) is 4.13. The first-order chi connectivity index (χ1) is 19.5. The molecule has 0 heterocycles. The predicted octanol–water partition coefficient (Wildman–Crippen LogP) is 4.75. The molecule has 0 saturated carbocycles. The summed E-state index contributed by atoms with van der Waals surface area (Å²) >= 11 is 0. The van der Waals surface area contributed by atoms with Crippen LogP contribution in [0.1, 0.15) is 42.9 Å². The summed E-state index contributed by atoms with van der Waals surface area (Å²) in [5.74, 6) is -4.08. The van der Waals surface area contributed by atoms with E-state index in [2.05, 4.69) is 105 Å². The van der Waals surface area contributed by atoms with Gasteiger partial charge in [0.25, 0.3) is 0 Å². The van der Waals surface area contributed by atoms with E-state index in [9.17, 15) is 14.4 Å². The highest BCUT2D eigenvalue weighted by Crippen LogP contribution is 2.38. The number of nitrogens with zero attached hydrogens (tertiary/aromatic N) is 1. The fourth-order valence-corrected chi connectivity index (χ4v) is 4.11. The van der Waals surface area contributed by atoms with E-state index in [-0.39, 0.29) is 0 Å². The first-order valence-electron chi connectivity index (χ1n) is 13.1. The molecule has 41 heavy (non-hydrogen) atoms. The lowest BCUT2D eigenvalue weighted by atomic mass is 9.88. The molecular formula is C32H37NO8. The Bertz CT molecular complexity index is 1300. The van der Waals surface area contributed by atoms with Crippen molar-refractivity contribution in [1.29, 1.82) is 0 Å². The van der Waals surface area contributed by atoms with E-state index < -0.39 is 36.4 Å². The largest absolute Gasteiger partial charge is 0.492 e. The summed E-state index contributed by atoms with van der Waals surface area (Å²) in [4.78, 5) is 32.6. The average molecular weight is 564 g/mol. The van der Waals surface area contributed by atoms with Crippen molar-refractivity contribution in [3.63, 3.8) is 0 Å². The number of carboxylic acid groups (broad SMARTS) is 3. The quantitative estimate of drug-likeness (QED) is 0.217. The molecule has 0 spiro atoms. The standard InChI is InChI=1S/C26H29NO.C6H8O7/c1-4-23(21-13-7-5-8-14-21)26(22-15-9-6-10-16-22)24-17-11-12-18-25(24)28-20-19-27(2)3;7-3(8)1-6(13,5(11)12)2-4(9)10/h5-18H,4,19-20H2,1-3H3;13H,1-2H2,(H,7,8)(H,9,10)(H,11,12)/b26-23+;. The van der Waals surface area contributed by atoms with Crippen LogP contribution in [0.4, 0.5) is 0 Å². The van der Waals surface area contributed by atoms with Gasteiger partial charge in [0.15, 0.2) is 5.60 Å². The van der Waals surface area contributed by atoms with Gasteiger partial charge in [-0.25, -0.2) is 4.79 Å². The predicted molar refractivity (Wildman–Crippen MR) is 157 cm³/mol. The van der Waals surface area contributed by atoms with E-state index in [4.69, 9.17) is 25.2 Å². The fourth-order valence-electron chi connectivity index (χ4n) is 4.11. The minimum atomic E-state index is -2.74. The van der Waals surface area contributed by atoms with Crippen LogP contribution >= 0.6 is 0 Å². The maximum absolute atomic E-state index is 10.3. The lowest BCUT2D eigenvalue weighted by Crippen LogP contribution is -2.42. The van der Waals surface area contributed by atoms with E-state index in [0.29, 0.717) is 6.61 Å². The van der Waals surface area contributed by atoms with Gasteiger partial charge < -0.3 is 30.1 Å². The summed E-state index contributed by atoms with van der Waals surface area (Å²) < 4.78 is 6.21. The summed E-state index contributed by atoms with van der Waals surface area (Å²) in [5, 5.41) is 33.8. The highest BCUT2D eigenvalue weighted by atomic mass is 16.5. The number of ether oxygens (including phenoxy) is 1. The Hall–Kier alpha value is -4.47. The van der Waals surface area contributed by atoms with Crippen molar-refractivity contribution in [3.8, 4) is 5.75 Å². The van der Waals surface area contributed by atoms with Crippen LogP contribution in [0, 0.1) is 0 Å². The monoisotopic (exact) mass is 563 g/mol. The number of allylic oxidation sites excluding steroid dienone is 1. The Morgan fingerprint density at radius 3 is 1.71 bits per heavy atom. The number of benzene rings is 3. The Kier molecular flexibility index (Phi) is 12.7. The first kappa shape index (κ1) is 32.7. The van der Waals surface area contributed by atoms with Crippen molar-refractivity contribution in [2.75, 3.05) is 27.2 Å². The Morgan fingerprint density at radius 2 is 1.24 bits per heavy atom. The number of hydrogen-bond donors (Lipinski definition) is 4. The van der Waals surface area contributed by atoms with Crippen molar-refractivity contribution >= 4 is 29.1 Å². The topological polar surface area (TPSA) is 145 Å². The van der Waals surface area contributed by atoms with Crippen molar-refractivity contribution in [3.05, 3.63) is 102 Å². The van der Waals surface area contributed by atoms with Crippen LogP contribution in [-0.2, 0) is 14.4 Å². The molecule has 0 amide bonds. The van der Waals surface area contributed by atoms with Gasteiger partial charge in [-0.15, -0.1) is 0 Å². The second kappa shape index (κ2) is 16.0. The van der Waals surface area contributed by atoms with Crippen LogP contribution in [0.25, 0.3) is 11.1 Å². The van der Waals surface area contributed by atoms with Gasteiger partial charge in [-0.2, -0.15) is 0 Å². The summed E-state index contributed by atoms with van der Waals surface area (Å²) in [5.41, 5.74) is 3.45. The second-order valence-corrected chi connectivity index (χ2v) is 9.56. The molecule has 0 aromatic heterocycles. The molecule has 4 N–H and O–H groups in total. The molecule has 0 atom stereocenters. The highest BCUT2D eigenvalue weighted by Gasteiger charge is 2.40. The minimum Gasteiger partial charge on any atom is -0.492 e. The normalized spacial score (nSPS) is 11.6.